The highest BCUT2D eigenvalue weighted by atomic mass is 35.5. The number of anilines is 1. The van der Waals surface area contributed by atoms with E-state index in [0.717, 1.165) is 12.1 Å². The summed E-state index contributed by atoms with van der Waals surface area (Å²) in [5.74, 6) is -4.43. The molecule has 0 aliphatic rings. The Hall–Kier alpha value is -2.47. The van der Waals surface area contributed by atoms with Gasteiger partial charge in [-0.2, -0.15) is 0 Å². The Morgan fingerprint density at radius 3 is 2.45 bits per heavy atom. The van der Waals surface area contributed by atoms with Crippen LogP contribution in [0.3, 0.4) is 0 Å². The Morgan fingerprint density at radius 2 is 1.73 bits per heavy atom. The van der Waals surface area contributed by atoms with E-state index in [-0.39, 0.29) is 6.54 Å². The molecule has 0 spiro atoms. The van der Waals surface area contributed by atoms with Crippen LogP contribution < -0.4 is 10.6 Å². The molecule has 0 bridgehead atoms. The molecule has 114 valence electrons. The normalized spacial score (nSPS) is 10.1. The number of carbonyl (C=O) groups excluding carboxylic acids is 2. The van der Waals surface area contributed by atoms with Crippen molar-refractivity contribution < 1.29 is 18.4 Å². The molecule has 0 fully saturated rings. The minimum atomic E-state index is -1.23. The van der Waals surface area contributed by atoms with Crippen LogP contribution in [0.5, 0.6) is 0 Å². The van der Waals surface area contributed by atoms with Crippen molar-refractivity contribution in [1.82, 2.24) is 5.32 Å². The third-order valence-electron chi connectivity index (χ3n) is 2.80. The van der Waals surface area contributed by atoms with Gasteiger partial charge in [0.2, 0.25) is 0 Å². The summed E-state index contributed by atoms with van der Waals surface area (Å²) in [7, 11) is 0. The fraction of sp³-hybridized carbons (Fsp3) is 0.0667. The second kappa shape index (κ2) is 7.00. The fourth-order valence-electron chi connectivity index (χ4n) is 1.68. The number of rotatable bonds is 3. The van der Waals surface area contributed by atoms with Gasteiger partial charge in [0.05, 0.1) is 5.69 Å². The van der Waals surface area contributed by atoms with E-state index < -0.39 is 29.1 Å². The zero-order valence-corrected chi connectivity index (χ0v) is 12.0. The predicted octanol–water partition coefficient (Wildman–Crippen LogP) is 2.87. The lowest BCUT2D eigenvalue weighted by Crippen LogP contribution is -2.35. The topological polar surface area (TPSA) is 58.2 Å². The summed E-state index contributed by atoms with van der Waals surface area (Å²) in [5.41, 5.74) is 0.222. The third kappa shape index (κ3) is 3.79. The van der Waals surface area contributed by atoms with E-state index in [9.17, 15) is 18.4 Å². The first-order valence-electron chi connectivity index (χ1n) is 6.25. The SMILES string of the molecule is O=C(NCc1ccccc1Cl)C(=O)Nc1cccc(F)c1F. The quantitative estimate of drug-likeness (QED) is 0.853. The highest BCUT2D eigenvalue weighted by molar-refractivity contribution is 6.39. The van der Waals surface area contributed by atoms with E-state index >= 15 is 0 Å². The van der Waals surface area contributed by atoms with Crippen LogP contribution in [0.2, 0.25) is 5.02 Å². The van der Waals surface area contributed by atoms with Crippen LogP contribution in [0, 0.1) is 11.6 Å². The Bertz CT molecular complexity index is 722. The number of carbonyl (C=O) groups is 2. The molecule has 2 aromatic rings. The predicted molar refractivity (Wildman–Crippen MR) is 78.3 cm³/mol. The van der Waals surface area contributed by atoms with Crippen molar-refractivity contribution in [3.8, 4) is 0 Å². The second-order valence-corrected chi connectivity index (χ2v) is 4.74. The molecule has 0 unspecified atom stereocenters. The van der Waals surface area contributed by atoms with E-state index in [1.54, 1.807) is 24.3 Å². The standard InChI is InChI=1S/C15H11ClF2N2O2/c16-10-5-2-1-4-9(10)8-19-14(21)15(22)20-12-7-3-6-11(17)13(12)18/h1-7H,8H2,(H,19,21)(H,20,22). The van der Waals surface area contributed by atoms with Gasteiger partial charge in [0.1, 0.15) is 0 Å². The van der Waals surface area contributed by atoms with Gasteiger partial charge in [0.15, 0.2) is 11.6 Å². The summed E-state index contributed by atoms with van der Waals surface area (Å²) < 4.78 is 26.4. The van der Waals surface area contributed by atoms with Gasteiger partial charge in [0, 0.05) is 11.6 Å². The molecule has 0 saturated heterocycles. The van der Waals surface area contributed by atoms with E-state index in [1.807, 2.05) is 5.32 Å². The number of hydrogen-bond acceptors (Lipinski definition) is 2. The Morgan fingerprint density at radius 1 is 1.00 bits per heavy atom. The molecule has 0 saturated carbocycles. The van der Waals surface area contributed by atoms with Crippen LogP contribution in [0.4, 0.5) is 14.5 Å². The van der Waals surface area contributed by atoms with Crippen molar-refractivity contribution in [2.75, 3.05) is 5.32 Å². The Balaban J connectivity index is 1.97. The average molecular weight is 325 g/mol. The average Bonchev–Trinajstić information content (AvgIpc) is 2.50. The summed E-state index contributed by atoms with van der Waals surface area (Å²) in [6, 6.07) is 10.1. The van der Waals surface area contributed by atoms with Gasteiger partial charge in [-0.25, -0.2) is 8.78 Å². The lowest BCUT2D eigenvalue weighted by Gasteiger charge is -2.08. The molecule has 2 amide bonds. The largest absolute Gasteiger partial charge is 0.344 e. The zero-order valence-electron chi connectivity index (χ0n) is 11.2. The van der Waals surface area contributed by atoms with Crippen molar-refractivity contribution in [1.29, 1.82) is 0 Å². The summed E-state index contributed by atoms with van der Waals surface area (Å²) in [6.07, 6.45) is 0. The monoisotopic (exact) mass is 324 g/mol. The molecule has 2 aromatic carbocycles. The van der Waals surface area contributed by atoms with E-state index in [2.05, 4.69) is 5.32 Å². The fourth-order valence-corrected chi connectivity index (χ4v) is 1.88. The molecule has 0 aliphatic heterocycles. The molecular formula is C15H11ClF2N2O2. The number of amides is 2. The molecule has 4 nitrogen and oxygen atoms in total. The lowest BCUT2D eigenvalue weighted by molar-refractivity contribution is -0.136. The van der Waals surface area contributed by atoms with Gasteiger partial charge in [-0.1, -0.05) is 35.9 Å². The third-order valence-corrected chi connectivity index (χ3v) is 3.17. The van der Waals surface area contributed by atoms with Gasteiger partial charge in [-0.3, -0.25) is 9.59 Å². The molecule has 2 rings (SSSR count). The number of nitrogens with one attached hydrogen (secondary N) is 2. The summed E-state index contributed by atoms with van der Waals surface area (Å²) in [6.45, 7) is 0.0392. The number of benzene rings is 2. The molecule has 7 heteroatoms. The molecule has 0 aromatic heterocycles. The van der Waals surface area contributed by atoms with Crippen molar-refractivity contribution in [3.63, 3.8) is 0 Å². The van der Waals surface area contributed by atoms with Gasteiger partial charge in [-0.15, -0.1) is 0 Å². The Labute approximate surface area is 130 Å². The molecule has 0 heterocycles. The zero-order chi connectivity index (χ0) is 16.1. The van der Waals surface area contributed by atoms with Crippen LogP contribution in [-0.4, -0.2) is 11.8 Å². The van der Waals surface area contributed by atoms with Crippen molar-refractivity contribution in [3.05, 3.63) is 64.7 Å². The smallest absolute Gasteiger partial charge is 0.313 e. The molecule has 0 aliphatic carbocycles. The van der Waals surface area contributed by atoms with E-state index in [1.165, 1.54) is 6.07 Å². The minimum absolute atomic E-state index is 0.0392. The highest BCUT2D eigenvalue weighted by Crippen LogP contribution is 2.16. The lowest BCUT2D eigenvalue weighted by atomic mass is 10.2. The van der Waals surface area contributed by atoms with Crippen molar-refractivity contribution in [2.45, 2.75) is 6.54 Å². The van der Waals surface area contributed by atoms with E-state index in [4.69, 9.17) is 11.6 Å². The first kappa shape index (κ1) is 15.9. The maximum Gasteiger partial charge on any atom is 0.313 e. The maximum absolute atomic E-state index is 13.4. The molecule has 0 radical (unpaired) electrons. The van der Waals surface area contributed by atoms with Crippen LogP contribution in [-0.2, 0) is 16.1 Å². The van der Waals surface area contributed by atoms with E-state index in [0.29, 0.717) is 10.6 Å². The first-order valence-corrected chi connectivity index (χ1v) is 6.63. The molecular weight excluding hydrogens is 314 g/mol. The maximum atomic E-state index is 13.4. The first-order chi connectivity index (χ1) is 10.5. The number of halogens is 3. The van der Waals surface area contributed by atoms with Gasteiger partial charge < -0.3 is 10.6 Å². The molecule has 2 N–H and O–H groups in total. The van der Waals surface area contributed by atoms with Gasteiger partial charge >= 0.3 is 11.8 Å². The minimum Gasteiger partial charge on any atom is -0.344 e. The molecule has 0 atom stereocenters. The van der Waals surface area contributed by atoms with Crippen molar-refractivity contribution >= 4 is 29.1 Å². The highest BCUT2D eigenvalue weighted by Gasteiger charge is 2.17. The Kier molecular flexibility index (Phi) is 5.06. The summed E-state index contributed by atoms with van der Waals surface area (Å²) in [4.78, 5) is 23.3. The van der Waals surface area contributed by atoms with Crippen LogP contribution in [0.15, 0.2) is 42.5 Å². The molecule has 22 heavy (non-hydrogen) atoms. The van der Waals surface area contributed by atoms with Gasteiger partial charge in [-0.05, 0) is 23.8 Å². The van der Waals surface area contributed by atoms with Crippen LogP contribution >= 0.6 is 11.6 Å². The van der Waals surface area contributed by atoms with Crippen molar-refractivity contribution in [2.24, 2.45) is 0 Å². The number of hydrogen-bond donors (Lipinski definition) is 2. The summed E-state index contributed by atoms with van der Waals surface area (Å²) >= 11 is 5.91. The van der Waals surface area contributed by atoms with Gasteiger partial charge in [0.25, 0.3) is 0 Å². The van der Waals surface area contributed by atoms with Crippen LogP contribution in [0.25, 0.3) is 0 Å². The van der Waals surface area contributed by atoms with Crippen LogP contribution in [0.1, 0.15) is 5.56 Å². The second-order valence-electron chi connectivity index (χ2n) is 4.33. The summed E-state index contributed by atoms with van der Waals surface area (Å²) in [5, 5.41) is 4.79.